The van der Waals surface area contributed by atoms with Gasteiger partial charge in [0.05, 0.1) is 0 Å². The van der Waals surface area contributed by atoms with Crippen LogP contribution in [-0.2, 0) is 0 Å². The van der Waals surface area contributed by atoms with Gasteiger partial charge in [-0.2, -0.15) is 0 Å². The van der Waals surface area contributed by atoms with E-state index >= 15 is 0 Å². The second kappa shape index (κ2) is 11.9. The Labute approximate surface area is 314 Å². The van der Waals surface area contributed by atoms with E-state index in [0.29, 0.717) is 0 Å². The monoisotopic (exact) mass is 711 g/mol. The zero-order chi connectivity index (χ0) is 35.9. The molecule has 3 heteroatoms. The van der Waals surface area contributed by atoms with Crippen LogP contribution in [0.4, 0.5) is 17.1 Å². The van der Waals surface area contributed by atoms with Gasteiger partial charge >= 0.3 is 0 Å². The van der Waals surface area contributed by atoms with Gasteiger partial charge in [-0.3, -0.25) is 0 Å². The van der Waals surface area contributed by atoms with Crippen molar-refractivity contribution in [2.75, 3.05) is 4.90 Å². The van der Waals surface area contributed by atoms with Crippen LogP contribution in [0.3, 0.4) is 0 Å². The van der Waals surface area contributed by atoms with Gasteiger partial charge in [0, 0.05) is 17.1 Å². The van der Waals surface area contributed by atoms with Gasteiger partial charge in [-0.05, 0) is 112 Å². The van der Waals surface area contributed by atoms with Crippen molar-refractivity contribution in [3.63, 3.8) is 0 Å². The first-order chi connectivity index (χ1) is 25.8. The Hall–Kier alpha value is -5.75. The molecule has 0 aromatic heterocycles. The molecule has 0 amide bonds. The van der Waals surface area contributed by atoms with Gasteiger partial charge in [0.1, 0.15) is 16.1 Å². The lowest BCUT2D eigenvalue weighted by molar-refractivity contribution is 1.29. The number of hydrogen-bond donors (Lipinski definition) is 0. The van der Waals surface area contributed by atoms with Gasteiger partial charge in [0.2, 0.25) is 0 Å². The van der Waals surface area contributed by atoms with Crippen LogP contribution >= 0.6 is 0 Å². The van der Waals surface area contributed by atoms with Crippen molar-refractivity contribution in [2.24, 2.45) is 0 Å². The van der Waals surface area contributed by atoms with Crippen LogP contribution < -0.4 is 25.6 Å². The highest BCUT2D eigenvalue weighted by Crippen LogP contribution is 2.42. The van der Waals surface area contributed by atoms with Gasteiger partial charge in [0.15, 0.2) is 0 Å². The molecule has 2 heterocycles. The first kappa shape index (κ1) is 31.9. The summed E-state index contributed by atoms with van der Waals surface area (Å²) in [5.74, 6) is 0. The SMILES string of the molecule is C[Si]1(C)c2ccccc2-c2cc(N(c3ccc(-c4ccc(-c5ccccc5)c5ccccc45)cc3)c3ccc4c(c3)[Si](C)(C)c3ccccc3-4)ccc21. The summed E-state index contributed by atoms with van der Waals surface area (Å²) in [7, 11) is -3.65. The Morgan fingerprint density at radius 1 is 0.302 bits per heavy atom. The highest BCUT2D eigenvalue weighted by molar-refractivity contribution is 7.04. The summed E-state index contributed by atoms with van der Waals surface area (Å²) in [6.07, 6.45) is 0. The lowest BCUT2D eigenvalue weighted by atomic mass is 9.92. The van der Waals surface area contributed by atoms with Crippen molar-refractivity contribution in [1.29, 1.82) is 0 Å². The molecular formula is C50H41NSi2. The quantitative estimate of drug-likeness (QED) is 0.161. The standard InChI is InChI=1S/C50H41NSi2/c1-52(2)48-21-13-11-19-44(48)46-32-37(27-31-49(46)52)51(38-26-28-45-43-18-10-12-20-47(43)53(3,4)50(45)33-38)36-24-22-35(23-25-36)40-30-29-39(34-14-6-5-7-15-34)41-16-8-9-17-42(40)41/h5-33H,1-4H3. The Morgan fingerprint density at radius 3 is 1.40 bits per heavy atom. The van der Waals surface area contributed by atoms with Crippen LogP contribution in [0.25, 0.3) is 55.3 Å². The fourth-order valence-electron chi connectivity index (χ4n) is 9.34. The highest BCUT2D eigenvalue weighted by atomic mass is 28.3. The number of nitrogens with zero attached hydrogens (tertiary/aromatic N) is 1. The van der Waals surface area contributed by atoms with Crippen LogP contribution in [0.15, 0.2) is 176 Å². The Morgan fingerprint density at radius 2 is 0.736 bits per heavy atom. The predicted molar refractivity (Wildman–Crippen MR) is 234 cm³/mol. The summed E-state index contributed by atoms with van der Waals surface area (Å²) >= 11 is 0. The topological polar surface area (TPSA) is 3.24 Å². The molecule has 53 heavy (non-hydrogen) atoms. The second-order valence-electron chi connectivity index (χ2n) is 15.8. The number of rotatable bonds is 5. The van der Waals surface area contributed by atoms with Gasteiger partial charge in [-0.25, -0.2) is 0 Å². The van der Waals surface area contributed by atoms with Crippen molar-refractivity contribution < 1.29 is 0 Å². The zero-order valence-electron chi connectivity index (χ0n) is 30.7. The molecule has 8 aromatic carbocycles. The molecule has 0 unspecified atom stereocenters. The molecule has 0 radical (unpaired) electrons. The maximum atomic E-state index is 2.51. The maximum Gasteiger partial charge on any atom is 0.113 e. The predicted octanol–water partition coefficient (Wildman–Crippen LogP) is 11.2. The smallest absolute Gasteiger partial charge is 0.113 e. The van der Waals surface area contributed by atoms with Gasteiger partial charge in [-0.15, -0.1) is 0 Å². The molecule has 0 atom stereocenters. The minimum atomic E-state index is -1.87. The average Bonchev–Trinajstić information content (AvgIpc) is 3.57. The lowest BCUT2D eigenvalue weighted by Crippen LogP contribution is -2.49. The molecule has 0 spiro atoms. The molecule has 0 fully saturated rings. The number of benzene rings is 8. The van der Waals surface area contributed by atoms with E-state index in [1.165, 1.54) is 87.4 Å². The molecule has 254 valence electrons. The molecule has 1 nitrogen and oxygen atoms in total. The van der Waals surface area contributed by atoms with Crippen LogP contribution in [0, 0.1) is 0 Å². The highest BCUT2D eigenvalue weighted by Gasteiger charge is 2.39. The summed E-state index contributed by atoms with van der Waals surface area (Å²) in [6, 6.07) is 66.0. The number of anilines is 3. The second-order valence-corrected chi connectivity index (χ2v) is 24.4. The molecule has 0 aliphatic carbocycles. The summed E-state index contributed by atoms with van der Waals surface area (Å²) in [6.45, 7) is 10.0. The van der Waals surface area contributed by atoms with Crippen molar-refractivity contribution >= 4 is 64.7 Å². The average molecular weight is 712 g/mol. The van der Waals surface area contributed by atoms with E-state index in [1.54, 1.807) is 0 Å². The molecular weight excluding hydrogens is 671 g/mol. The third kappa shape index (κ3) is 4.88. The molecule has 2 aliphatic heterocycles. The lowest BCUT2D eigenvalue weighted by Gasteiger charge is -2.28. The zero-order valence-corrected chi connectivity index (χ0v) is 32.7. The molecule has 0 N–H and O–H groups in total. The van der Waals surface area contributed by atoms with Crippen LogP contribution in [0.5, 0.6) is 0 Å². The van der Waals surface area contributed by atoms with Gasteiger partial charge < -0.3 is 4.90 Å². The van der Waals surface area contributed by atoms with Crippen LogP contribution in [-0.4, -0.2) is 16.1 Å². The molecule has 0 saturated carbocycles. The van der Waals surface area contributed by atoms with E-state index in [1.807, 2.05) is 0 Å². The summed E-state index contributed by atoms with van der Waals surface area (Å²) < 4.78 is 0. The molecule has 0 saturated heterocycles. The summed E-state index contributed by atoms with van der Waals surface area (Å²) in [4.78, 5) is 2.49. The number of hydrogen-bond acceptors (Lipinski definition) is 1. The molecule has 0 bridgehead atoms. The van der Waals surface area contributed by atoms with E-state index in [4.69, 9.17) is 0 Å². The molecule has 2 aliphatic rings. The molecule has 10 rings (SSSR count). The van der Waals surface area contributed by atoms with E-state index in [2.05, 4.69) is 207 Å². The largest absolute Gasteiger partial charge is 0.310 e. The summed E-state index contributed by atoms with van der Waals surface area (Å²) in [5.41, 5.74) is 14.2. The Kier molecular flexibility index (Phi) is 7.17. The van der Waals surface area contributed by atoms with Crippen molar-refractivity contribution in [2.45, 2.75) is 26.2 Å². The third-order valence-corrected chi connectivity index (χ3v) is 19.2. The Balaban J connectivity index is 1.12. The number of fused-ring (bicyclic) bond motifs is 7. The minimum Gasteiger partial charge on any atom is -0.310 e. The minimum absolute atomic E-state index is 1.16. The fourth-order valence-corrected chi connectivity index (χ4v) is 15.5. The van der Waals surface area contributed by atoms with E-state index in [9.17, 15) is 0 Å². The van der Waals surface area contributed by atoms with E-state index in [-0.39, 0.29) is 0 Å². The summed E-state index contributed by atoms with van der Waals surface area (Å²) in [5, 5.41) is 8.67. The van der Waals surface area contributed by atoms with Gasteiger partial charge in [0.25, 0.3) is 0 Å². The molecule has 8 aromatic rings. The van der Waals surface area contributed by atoms with Crippen molar-refractivity contribution in [3.8, 4) is 44.5 Å². The van der Waals surface area contributed by atoms with Crippen molar-refractivity contribution in [3.05, 3.63) is 176 Å². The Bertz CT molecular complexity index is 2730. The fraction of sp³-hybridized carbons (Fsp3) is 0.0800. The van der Waals surface area contributed by atoms with E-state index in [0.717, 1.165) is 5.69 Å². The van der Waals surface area contributed by atoms with Gasteiger partial charge in [-0.1, -0.05) is 166 Å². The van der Waals surface area contributed by atoms with E-state index < -0.39 is 16.1 Å². The normalized spacial score (nSPS) is 14.3. The maximum absolute atomic E-state index is 2.51. The van der Waals surface area contributed by atoms with Crippen LogP contribution in [0.1, 0.15) is 0 Å². The first-order valence-corrected chi connectivity index (χ1v) is 24.8. The van der Waals surface area contributed by atoms with Crippen LogP contribution in [0.2, 0.25) is 26.2 Å². The van der Waals surface area contributed by atoms with Crippen molar-refractivity contribution in [1.82, 2.24) is 0 Å². The third-order valence-electron chi connectivity index (χ3n) is 12.1. The first-order valence-electron chi connectivity index (χ1n) is 18.8.